The van der Waals surface area contributed by atoms with Gasteiger partial charge in [-0.05, 0) is 36.8 Å². The highest BCUT2D eigenvalue weighted by Gasteiger charge is 2.27. The molecule has 1 aliphatic rings. The second-order valence-corrected chi connectivity index (χ2v) is 6.00. The van der Waals surface area contributed by atoms with Crippen LogP contribution in [0.2, 0.25) is 0 Å². The van der Waals surface area contributed by atoms with Crippen molar-refractivity contribution in [3.63, 3.8) is 0 Å². The minimum absolute atomic E-state index is 0.105. The van der Waals surface area contributed by atoms with E-state index in [1.165, 1.54) is 7.11 Å². The summed E-state index contributed by atoms with van der Waals surface area (Å²) in [6.45, 7) is 0.613. The number of hydrogen-bond acceptors (Lipinski definition) is 5. The molecule has 1 aromatic rings. The van der Waals surface area contributed by atoms with Gasteiger partial charge in [-0.1, -0.05) is 12.1 Å². The van der Waals surface area contributed by atoms with Gasteiger partial charge in [0.1, 0.15) is 6.10 Å². The molecule has 2 rings (SSSR count). The molecule has 1 N–H and O–H groups in total. The Balaban J connectivity index is 2.10. The minimum Gasteiger partial charge on any atom is -0.469 e. The van der Waals surface area contributed by atoms with Gasteiger partial charge in [0, 0.05) is 11.5 Å². The van der Waals surface area contributed by atoms with E-state index < -0.39 is 12.1 Å². The summed E-state index contributed by atoms with van der Waals surface area (Å²) in [5.41, 5.74) is 0.884. The zero-order chi connectivity index (χ0) is 15.9. The van der Waals surface area contributed by atoms with Crippen molar-refractivity contribution in [3.8, 4) is 0 Å². The van der Waals surface area contributed by atoms with Crippen molar-refractivity contribution >= 4 is 23.6 Å². The third-order valence-corrected chi connectivity index (χ3v) is 4.40. The zero-order valence-electron chi connectivity index (χ0n) is 12.8. The third-order valence-electron chi connectivity index (χ3n) is 3.66. The van der Waals surface area contributed by atoms with E-state index in [1.807, 2.05) is 30.5 Å². The van der Waals surface area contributed by atoms with Gasteiger partial charge in [0.15, 0.2) is 0 Å². The Labute approximate surface area is 134 Å². The molecule has 0 radical (unpaired) electrons. The molecule has 1 amide bonds. The molecule has 0 spiro atoms. The van der Waals surface area contributed by atoms with E-state index in [4.69, 9.17) is 9.47 Å². The summed E-state index contributed by atoms with van der Waals surface area (Å²) in [4.78, 5) is 25.0. The summed E-state index contributed by atoms with van der Waals surface area (Å²) in [5, 5.41) is 2.91. The highest BCUT2D eigenvalue weighted by molar-refractivity contribution is 7.98. The van der Waals surface area contributed by atoms with Crippen molar-refractivity contribution in [3.05, 3.63) is 29.8 Å². The number of benzene rings is 1. The lowest BCUT2D eigenvalue weighted by Gasteiger charge is -2.20. The number of nitrogens with one attached hydrogen (secondary N) is 1. The van der Waals surface area contributed by atoms with Crippen LogP contribution in [0.25, 0.3) is 0 Å². The van der Waals surface area contributed by atoms with Crippen molar-refractivity contribution in [1.29, 1.82) is 0 Å². The first kappa shape index (κ1) is 16.8. The molecular formula is C16H21NO4S. The number of rotatable bonds is 6. The Bertz CT molecular complexity index is 511. The van der Waals surface area contributed by atoms with Crippen LogP contribution in [0.3, 0.4) is 0 Å². The van der Waals surface area contributed by atoms with Gasteiger partial charge in [0.05, 0.1) is 19.6 Å². The largest absolute Gasteiger partial charge is 0.469 e. The second-order valence-electron chi connectivity index (χ2n) is 5.12. The second kappa shape index (κ2) is 8.19. The molecule has 120 valence electrons. The lowest BCUT2D eigenvalue weighted by Crippen LogP contribution is -2.37. The van der Waals surface area contributed by atoms with Gasteiger partial charge < -0.3 is 14.8 Å². The third kappa shape index (κ3) is 4.48. The molecule has 22 heavy (non-hydrogen) atoms. The Morgan fingerprint density at radius 2 is 2.14 bits per heavy atom. The van der Waals surface area contributed by atoms with Crippen molar-refractivity contribution in [2.75, 3.05) is 20.0 Å². The van der Waals surface area contributed by atoms with Crippen molar-refractivity contribution in [2.24, 2.45) is 0 Å². The smallest absolute Gasteiger partial charge is 0.307 e. The average molecular weight is 323 g/mol. The fourth-order valence-corrected chi connectivity index (χ4v) is 2.80. The van der Waals surface area contributed by atoms with Gasteiger partial charge in [-0.2, -0.15) is 0 Å². The van der Waals surface area contributed by atoms with Crippen LogP contribution in [-0.4, -0.2) is 38.0 Å². The van der Waals surface area contributed by atoms with E-state index in [0.29, 0.717) is 6.61 Å². The number of carbonyl (C=O) groups excluding carboxylic acids is 2. The van der Waals surface area contributed by atoms with E-state index >= 15 is 0 Å². The lowest BCUT2D eigenvalue weighted by molar-refractivity contribution is -0.141. The van der Waals surface area contributed by atoms with Gasteiger partial charge in [-0.3, -0.25) is 9.59 Å². The number of thioether (sulfide) groups is 1. The molecule has 2 atom stereocenters. The number of methoxy groups -OCH3 is 1. The SMILES string of the molecule is COC(=O)C[C@@H](NC(=O)[C@@H]1CCCO1)c1ccc(SC)cc1. The number of carbonyl (C=O) groups is 2. The molecule has 0 aliphatic carbocycles. The summed E-state index contributed by atoms with van der Waals surface area (Å²) >= 11 is 1.64. The molecule has 1 aliphatic heterocycles. The van der Waals surface area contributed by atoms with E-state index in [2.05, 4.69) is 5.32 Å². The Morgan fingerprint density at radius 1 is 1.41 bits per heavy atom. The summed E-state index contributed by atoms with van der Waals surface area (Å²) in [7, 11) is 1.35. The normalized spacial score (nSPS) is 18.7. The maximum atomic E-state index is 12.2. The van der Waals surface area contributed by atoms with Gasteiger partial charge in [0.2, 0.25) is 5.91 Å². The molecule has 1 heterocycles. The summed E-state index contributed by atoms with van der Waals surface area (Å²) in [5.74, 6) is -0.521. The van der Waals surface area contributed by atoms with E-state index in [9.17, 15) is 9.59 Å². The molecule has 1 fully saturated rings. The lowest BCUT2D eigenvalue weighted by atomic mass is 10.0. The first-order valence-corrected chi connectivity index (χ1v) is 8.49. The summed E-state index contributed by atoms with van der Waals surface area (Å²) < 4.78 is 10.1. The number of ether oxygens (including phenoxy) is 2. The van der Waals surface area contributed by atoms with Gasteiger partial charge in [-0.15, -0.1) is 11.8 Å². The van der Waals surface area contributed by atoms with E-state index in [1.54, 1.807) is 11.8 Å². The van der Waals surface area contributed by atoms with Gasteiger partial charge in [-0.25, -0.2) is 0 Å². The molecule has 5 nitrogen and oxygen atoms in total. The predicted molar refractivity (Wildman–Crippen MR) is 84.7 cm³/mol. The minimum atomic E-state index is -0.411. The van der Waals surface area contributed by atoms with Crippen LogP contribution >= 0.6 is 11.8 Å². The van der Waals surface area contributed by atoms with Gasteiger partial charge in [0.25, 0.3) is 0 Å². The fourth-order valence-electron chi connectivity index (χ4n) is 2.39. The molecule has 1 aromatic carbocycles. The van der Waals surface area contributed by atoms with Crippen molar-refractivity contribution in [2.45, 2.75) is 36.3 Å². The Hall–Kier alpha value is -1.53. The van der Waals surface area contributed by atoms with Crippen LogP contribution < -0.4 is 5.32 Å². The summed E-state index contributed by atoms with van der Waals surface area (Å²) in [6, 6.07) is 7.40. The van der Waals surface area contributed by atoms with Crippen LogP contribution in [0.4, 0.5) is 0 Å². The Kier molecular flexibility index (Phi) is 6.27. The molecule has 0 saturated carbocycles. The molecule has 0 aromatic heterocycles. The maximum Gasteiger partial charge on any atom is 0.307 e. The quantitative estimate of drug-likeness (QED) is 0.643. The average Bonchev–Trinajstić information content (AvgIpc) is 3.08. The van der Waals surface area contributed by atoms with E-state index in [0.717, 1.165) is 23.3 Å². The van der Waals surface area contributed by atoms with Crippen LogP contribution in [0.1, 0.15) is 30.9 Å². The highest BCUT2D eigenvalue weighted by Crippen LogP contribution is 2.23. The molecule has 0 bridgehead atoms. The van der Waals surface area contributed by atoms with Crippen LogP contribution in [0.15, 0.2) is 29.2 Å². The van der Waals surface area contributed by atoms with Crippen LogP contribution in [-0.2, 0) is 19.1 Å². The number of amides is 1. The molecule has 6 heteroatoms. The van der Waals surface area contributed by atoms with Crippen LogP contribution in [0.5, 0.6) is 0 Å². The fraction of sp³-hybridized carbons (Fsp3) is 0.500. The topological polar surface area (TPSA) is 64.6 Å². The standard InChI is InChI=1S/C16H21NO4S/c1-20-15(18)10-13(11-5-7-12(22-2)8-6-11)17-16(19)14-4-3-9-21-14/h5-8,13-14H,3-4,9-10H2,1-2H3,(H,17,19)/t13-,14+/m1/s1. The van der Waals surface area contributed by atoms with E-state index in [-0.39, 0.29) is 18.3 Å². The predicted octanol–water partition coefficient (Wildman–Crippen LogP) is 2.31. The molecular weight excluding hydrogens is 302 g/mol. The monoisotopic (exact) mass is 323 g/mol. The molecule has 0 unspecified atom stereocenters. The van der Waals surface area contributed by atoms with Gasteiger partial charge >= 0.3 is 5.97 Å². The molecule has 1 saturated heterocycles. The van der Waals surface area contributed by atoms with Crippen LogP contribution in [0, 0.1) is 0 Å². The van der Waals surface area contributed by atoms with Crippen molar-refractivity contribution in [1.82, 2.24) is 5.32 Å². The summed E-state index contributed by atoms with van der Waals surface area (Å²) in [6.07, 6.45) is 3.31. The zero-order valence-corrected chi connectivity index (χ0v) is 13.7. The Morgan fingerprint density at radius 3 is 2.68 bits per heavy atom. The first-order valence-electron chi connectivity index (χ1n) is 7.26. The maximum absolute atomic E-state index is 12.2. The number of hydrogen-bond donors (Lipinski definition) is 1. The first-order chi connectivity index (χ1) is 10.6. The van der Waals surface area contributed by atoms with Crippen molar-refractivity contribution < 1.29 is 19.1 Å². The highest BCUT2D eigenvalue weighted by atomic mass is 32.2. The number of esters is 1.